The van der Waals surface area contributed by atoms with Crippen LogP contribution in [0.1, 0.15) is 20.9 Å². The topological polar surface area (TPSA) is 80.7 Å². The minimum absolute atomic E-state index is 0.247. The lowest BCUT2D eigenvalue weighted by molar-refractivity contribution is 0.102. The Morgan fingerprint density at radius 1 is 1.23 bits per heavy atom. The molecule has 0 radical (unpaired) electrons. The Kier molecular flexibility index (Phi) is 4.76. The van der Waals surface area contributed by atoms with Crippen LogP contribution in [-0.2, 0) is 5.75 Å². The van der Waals surface area contributed by atoms with Crippen LogP contribution in [0, 0.1) is 6.92 Å². The summed E-state index contributed by atoms with van der Waals surface area (Å²) in [5.74, 6) is 0.574. The lowest BCUT2D eigenvalue weighted by Gasteiger charge is -1.97. The number of amides is 1. The van der Waals surface area contributed by atoms with E-state index >= 15 is 0 Å². The quantitative estimate of drug-likeness (QED) is 0.562. The van der Waals surface area contributed by atoms with Gasteiger partial charge in [-0.15, -0.1) is 15.3 Å². The molecule has 0 fully saturated rings. The molecule has 3 rings (SSSR count). The minimum atomic E-state index is -0.247. The van der Waals surface area contributed by atoms with Crippen LogP contribution in [-0.4, -0.2) is 25.7 Å². The highest BCUT2D eigenvalue weighted by Crippen LogP contribution is 2.28. The van der Waals surface area contributed by atoms with Crippen molar-refractivity contribution in [2.45, 2.75) is 17.0 Å². The molecule has 0 unspecified atom stereocenters. The average Bonchev–Trinajstić information content (AvgIpc) is 3.15. The Labute approximate surface area is 139 Å². The molecule has 1 N–H and O–H groups in total. The number of nitrogens with zero attached hydrogens (tertiary/aromatic N) is 4. The van der Waals surface area contributed by atoms with Gasteiger partial charge in [0.25, 0.3) is 5.91 Å². The molecule has 3 aromatic rings. The van der Waals surface area contributed by atoms with Gasteiger partial charge in [0.1, 0.15) is 4.88 Å². The molecule has 0 atom stereocenters. The van der Waals surface area contributed by atoms with Crippen molar-refractivity contribution in [2.75, 3.05) is 5.32 Å². The number of aromatic nitrogens is 4. The Bertz CT molecular complexity index is 771. The predicted molar refractivity (Wildman–Crippen MR) is 88.5 cm³/mol. The number of thioether (sulfide) groups is 1. The van der Waals surface area contributed by atoms with Gasteiger partial charge in [0.2, 0.25) is 5.13 Å². The number of carbonyl (C=O) groups excluding carboxylic acids is 1. The molecule has 0 spiro atoms. The highest BCUT2D eigenvalue weighted by Gasteiger charge is 2.15. The summed E-state index contributed by atoms with van der Waals surface area (Å²) in [7, 11) is 0. The molecule has 1 amide bonds. The summed E-state index contributed by atoms with van der Waals surface area (Å²) in [5, 5.41) is 15.1. The third kappa shape index (κ3) is 3.67. The third-order valence-electron chi connectivity index (χ3n) is 2.69. The van der Waals surface area contributed by atoms with E-state index in [1.807, 2.05) is 18.2 Å². The molecule has 2 heterocycles. The number of hydrogen-bond acceptors (Lipinski definition) is 8. The van der Waals surface area contributed by atoms with Crippen LogP contribution in [0.2, 0.25) is 0 Å². The molecule has 9 heteroatoms. The summed E-state index contributed by atoms with van der Waals surface area (Å²) in [6.45, 7) is 1.75. The van der Waals surface area contributed by atoms with Crippen molar-refractivity contribution >= 4 is 45.7 Å². The summed E-state index contributed by atoms with van der Waals surface area (Å²) >= 11 is 4.02. The SMILES string of the molecule is Cc1nnsc1C(=O)Nc1nnc(SCc2ccccc2)s1. The lowest BCUT2D eigenvalue weighted by Crippen LogP contribution is -2.11. The second-order valence-corrected chi connectivity index (χ2v) is 7.24. The Morgan fingerprint density at radius 2 is 2.05 bits per heavy atom. The highest BCUT2D eigenvalue weighted by molar-refractivity contribution is 8.00. The van der Waals surface area contributed by atoms with Crippen molar-refractivity contribution in [1.82, 2.24) is 19.8 Å². The largest absolute Gasteiger partial charge is 0.296 e. The summed E-state index contributed by atoms with van der Waals surface area (Å²) in [5.41, 5.74) is 1.84. The summed E-state index contributed by atoms with van der Waals surface area (Å²) in [4.78, 5) is 12.5. The molecule has 0 aliphatic heterocycles. The zero-order valence-corrected chi connectivity index (χ0v) is 14.0. The van der Waals surface area contributed by atoms with E-state index in [4.69, 9.17) is 0 Å². The predicted octanol–water partition coefficient (Wildman–Crippen LogP) is 3.24. The van der Waals surface area contributed by atoms with Gasteiger partial charge in [-0.25, -0.2) is 0 Å². The zero-order valence-electron chi connectivity index (χ0n) is 11.5. The number of nitrogens with one attached hydrogen (secondary N) is 1. The van der Waals surface area contributed by atoms with Crippen LogP contribution in [0.4, 0.5) is 5.13 Å². The van der Waals surface area contributed by atoms with Crippen LogP contribution < -0.4 is 5.32 Å². The van der Waals surface area contributed by atoms with Gasteiger partial charge in [0.15, 0.2) is 4.34 Å². The second-order valence-electron chi connectivity index (χ2n) is 4.29. The standard InChI is InChI=1S/C13H11N5OS3/c1-8-10(22-18-15-8)11(19)14-12-16-17-13(21-12)20-7-9-5-3-2-4-6-9/h2-6H,7H2,1H3,(H,14,16,19). The lowest BCUT2D eigenvalue weighted by atomic mass is 10.2. The molecular formula is C13H11N5OS3. The maximum atomic E-state index is 12.0. The fourth-order valence-corrected chi connectivity index (χ4v) is 3.89. The minimum Gasteiger partial charge on any atom is -0.296 e. The first kappa shape index (κ1) is 15.1. The third-order valence-corrected chi connectivity index (χ3v) is 5.56. The van der Waals surface area contributed by atoms with E-state index in [2.05, 4.69) is 37.2 Å². The molecule has 0 aliphatic carbocycles. The number of hydrogen-bond donors (Lipinski definition) is 1. The number of anilines is 1. The fraction of sp³-hybridized carbons (Fsp3) is 0.154. The van der Waals surface area contributed by atoms with E-state index in [1.54, 1.807) is 18.7 Å². The smallest absolute Gasteiger partial charge is 0.271 e. The second kappa shape index (κ2) is 6.95. The van der Waals surface area contributed by atoms with Gasteiger partial charge in [0, 0.05) is 5.75 Å². The zero-order chi connectivity index (χ0) is 15.4. The van der Waals surface area contributed by atoms with Crippen LogP contribution in [0.3, 0.4) is 0 Å². The first-order valence-electron chi connectivity index (χ1n) is 6.33. The number of carbonyl (C=O) groups is 1. The summed E-state index contributed by atoms with van der Waals surface area (Å²) in [6, 6.07) is 10.1. The van der Waals surface area contributed by atoms with E-state index in [9.17, 15) is 4.79 Å². The molecule has 22 heavy (non-hydrogen) atoms. The number of aryl methyl sites for hydroxylation is 1. The van der Waals surface area contributed by atoms with Crippen LogP contribution in [0.15, 0.2) is 34.7 Å². The van der Waals surface area contributed by atoms with Crippen LogP contribution >= 0.6 is 34.6 Å². The van der Waals surface area contributed by atoms with Crippen molar-refractivity contribution in [2.24, 2.45) is 0 Å². The normalized spacial score (nSPS) is 10.6. The maximum Gasteiger partial charge on any atom is 0.271 e. The van der Waals surface area contributed by atoms with Crippen LogP contribution in [0.5, 0.6) is 0 Å². The molecule has 0 bridgehead atoms. The molecule has 1 aromatic carbocycles. The van der Waals surface area contributed by atoms with Crippen LogP contribution in [0.25, 0.3) is 0 Å². The van der Waals surface area contributed by atoms with Crippen molar-refractivity contribution in [1.29, 1.82) is 0 Å². The number of rotatable bonds is 5. The summed E-state index contributed by atoms with van der Waals surface area (Å²) < 4.78 is 4.56. The molecule has 6 nitrogen and oxygen atoms in total. The van der Waals surface area contributed by atoms with Gasteiger partial charge >= 0.3 is 0 Å². The van der Waals surface area contributed by atoms with E-state index in [-0.39, 0.29) is 5.91 Å². The van der Waals surface area contributed by atoms with E-state index in [0.29, 0.717) is 15.7 Å². The van der Waals surface area contributed by atoms with Crippen molar-refractivity contribution in [3.63, 3.8) is 0 Å². The highest BCUT2D eigenvalue weighted by atomic mass is 32.2. The fourth-order valence-electron chi connectivity index (χ4n) is 1.63. The summed E-state index contributed by atoms with van der Waals surface area (Å²) in [6.07, 6.45) is 0. The number of benzene rings is 1. The molecule has 112 valence electrons. The van der Waals surface area contributed by atoms with Crippen molar-refractivity contribution < 1.29 is 4.79 Å². The maximum absolute atomic E-state index is 12.0. The Morgan fingerprint density at radius 3 is 2.77 bits per heavy atom. The van der Waals surface area contributed by atoms with Crippen molar-refractivity contribution in [3.8, 4) is 0 Å². The van der Waals surface area contributed by atoms with Gasteiger partial charge in [-0.2, -0.15) is 0 Å². The Balaban J connectivity index is 1.59. The van der Waals surface area contributed by atoms with Gasteiger partial charge in [0.05, 0.1) is 5.69 Å². The average molecular weight is 349 g/mol. The van der Waals surface area contributed by atoms with Gasteiger partial charge in [-0.05, 0) is 24.0 Å². The molecular weight excluding hydrogens is 338 g/mol. The molecule has 0 saturated carbocycles. The molecule has 2 aromatic heterocycles. The first-order chi connectivity index (χ1) is 10.7. The van der Waals surface area contributed by atoms with Gasteiger partial charge in [-0.1, -0.05) is 57.9 Å². The first-order valence-corrected chi connectivity index (χ1v) is 8.90. The molecule has 0 aliphatic rings. The van der Waals surface area contributed by atoms with Gasteiger partial charge < -0.3 is 0 Å². The molecule has 0 saturated heterocycles. The van der Waals surface area contributed by atoms with E-state index in [1.165, 1.54) is 16.9 Å². The van der Waals surface area contributed by atoms with Crippen molar-refractivity contribution in [3.05, 3.63) is 46.5 Å². The van der Waals surface area contributed by atoms with E-state index < -0.39 is 0 Å². The van der Waals surface area contributed by atoms with E-state index in [0.717, 1.165) is 21.6 Å². The van der Waals surface area contributed by atoms with Gasteiger partial charge in [-0.3, -0.25) is 10.1 Å². The Hall–Kier alpha value is -1.84. The monoisotopic (exact) mass is 349 g/mol.